The number of amides is 1. The third kappa shape index (κ3) is 2.64. The van der Waals surface area contributed by atoms with Gasteiger partial charge in [0, 0.05) is 38.5 Å². The lowest BCUT2D eigenvalue weighted by molar-refractivity contribution is -0.130. The predicted octanol–water partition coefficient (Wildman–Crippen LogP) is 1.61. The molecule has 110 valence electrons. The van der Waals surface area contributed by atoms with E-state index in [9.17, 15) is 4.79 Å². The van der Waals surface area contributed by atoms with Gasteiger partial charge < -0.3 is 14.3 Å². The van der Waals surface area contributed by atoms with Crippen molar-refractivity contribution in [2.24, 2.45) is 0 Å². The van der Waals surface area contributed by atoms with E-state index in [2.05, 4.69) is 26.9 Å². The van der Waals surface area contributed by atoms with Crippen LogP contribution < -0.4 is 4.90 Å². The zero-order chi connectivity index (χ0) is 13.9. The summed E-state index contributed by atoms with van der Waals surface area (Å²) in [6.07, 6.45) is 5.61. The second-order valence-corrected chi connectivity index (χ2v) is 5.65. The maximum Gasteiger partial charge on any atom is 0.266 e. The molecule has 1 aromatic rings. The largest absolute Gasteiger partial charge is 0.340 e. The van der Waals surface area contributed by atoms with Crippen molar-refractivity contribution in [1.29, 1.82) is 0 Å². The summed E-state index contributed by atoms with van der Waals surface area (Å²) in [6, 6.07) is 0.406. The van der Waals surface area contributed by atoms with Crippen LogP contribution in [0, 0.1) is 0 Å². The van der Waals surface area contributed by atoms with E-state index in [1.54, 1.807) is 0 Å². The van der Waals surface area contributed by atoms with Crippen LogP contribution in [-0.2, 0) is 11.2 Å². The number of likely N-dealkylation sites (tertiary alicyclic amines) is 1. The molecule has 0 unspecified atom stereocenters. The van der Waals surface area contributed by atoms with Gasteiger partial charge in [-0.15, -0.1) is 0 Å². The number of piperidine rings is 1. The summed E-state index contributed by atoms with van der Waals surface area (Å²) in [4.78, 5) is 20.4. The molecule has 0 atom stereocenters. The van der Waals surface area contributed by atoms with Crippen LogP contribution in [0.3, 0.4) is 0 Å². The molecule has 2 saturated heterocycles. The molecule has 6 heteroatoms. The van der Waals surface area contributed by atoms with Crippen LogP contribution >= 0.6 is 0 Å². The number of anilines is 1. The van der Waals surface area contributed by atoms with Gasteiger partial charge in [-0.05, 0) is 30.8 Å². The summed E-state index contributed by atoms with van der Waals surface area (Å²) < 4.78 is 5.23. The van der Waals surface area contributed by atoms with E-state index >= 15 is 0 Å². The number of carbonyl (C=O) groups is 1. The van der Waals surface area contributed by atoms with E-state index in [4.69, 9.17) is 4.52 Å². The first kappa shape index (κ1) is 13.4. The SMILES string of the molecule is CCCc1nc(N2CCC(N3CCCC3=O)CC2)no1. The molecule has 2 fully saturated rings. The number of hydrogen-bond donors (Lipinski definition) is 0. The Morgan fingerprint density at radius 2 is 2.10 bits per heavy atom. The standard InChI is InChI=1S/C14H22N4O2/c1-2-4-12-15-14(16-20-12)17-9-6-11(7-10-17)18-8-3-5-13(18)19/h11H,2-10H2,1H3. The van der Waals surface area contributed by atoms with Crippen molar-refractivity contribution in [3.8, 4) is 0 Å². The van der Waals surface area contributed by atoms with Gasteiger partial charge in [-0.25, -0.2) is 0 Å². The molecule has 0 N–H and O–H groups in total. The summed E-state index contributed by atoms with van der Waals surface area (Å²) in [7, 11) is 0. The molecule has 20 heavy (non-hydrogen) atoms. The summed E-state index contributed by atoms with van der Waals surface area (Å²) in [5.74, 6) is 1.76. The Kier molecular flexibility index (Phi) is 3.89. The molecular formula is C14H22N4O2. The number of aryl methyl sites for hydroxylation is 1. The van der Waals surface area contributed by atoms with E-state index in [-0.39, 0.29) is 0 Å². The van der Waals surface area contributed by atoms with Crippen LogP contribution in [0.5, 0.6) is 0 Å². The van der Waals surface area contributed by atoms with Crippen LogP contribution in [-0.4, -0.2) is 46.6 Å². The molecule has 0 radical (unpaired) electrons. The molecule has 0 aliphatic carbocycles. The van der Waals surface area contributed by atoms with Crippen molar-refractivity contribution in [2.45, 2.75) is 51.5 Å². The van der Waals surface area contributed by atoms with Gasteiger partial charge in [0.15, 0.2) is 0 Å². The number of aromatic nitrogens is 2. The zero-order valence-corrected chi connectivity index (χ0v) is 12.0. The highest BCUT2D eigenvalue weighted by Gasteiger charge is 2.31. The Balaban J connectivity index is 1.56. The average Bonchev–Trinajstić information content (AvgIpc) is 3.09. The van der Waals surface area contributed by atoms with Gasteiger partial charge in [0.25, 0.3) is 5.95 Å². The van der Waals surface area contributed by atoms with Gasteiger partial charge in [0.05, 0.1) is 0 Å². The molecule has 2 aliphatic heterocycles. The van der Waals surface area contributed by atoms with Gasteiger partial charge in [-0.1, -0.05) is 6.92 Å². The lowest BCUT2D eigenvalue weighted by Gasteiger charge is -2.36. The monoisotopic (exact) mass is 278 g/mol. The topological polar surface area (TPSA) is 62.5 Å². The molecule has 6 nitrogen and oxygen atoms in total. The third-order valence-electron chi connectivity index (χ3n) is 4.22. The maximum atomic E-state index is 11.8. The van der Waals surface area contributed by atoms with Crippen molar-refractivity contribution in [3.63, 3.8) is 0 Å². The minimum Gasteiger partial charge on any atom is -0.340 e. The molecule has 0 bridgehead atoms. The first-order valence-electron chi connectivity index (χ1n) is 7.65. The first-order chi connectivity index (χ1) is 9.78. The summed E-state index contributed by atoms with van der Waals surface area (Å²) in [5, 5.41) is 4.06. The van der Waals surface area contributed by atoms with E-state index in [1.165, 1.54) is 0 Å². The Bertz CT molecular complexity index is 465. The first-order valence-corrected chi connectivity index (χ1v) is 7.65. The third-order valence-corrected chi connectivity index (χ3v) is 4.22. The molecule has 1 amide bonds. The van der Waals surface area contributed by atoms with E-state index in [1.807, 2.05) is 0 Å². The molecule has 0 spiro atoms. The molecule has 3 heterocycles. The van der Waals surface area contributed by atoms with Gasteiger partial charge in [0.1, 0.15) is 0 Å². The van der Waals surface area contributed by atoms with Crippen molar-refractivity contribution in [1.82, 2.24) is 15.0 Å². The van der Waals surface area contributed by atoms with Crippen LogP contribution in [0.1, 0.15) is 44.9 Å². The van der Waals surface area contributed by atoms with Gasteiger partial charge in [-0.3, -0.25) is 4.79 Å². The van der Waals surface area contributed by atoms with Gasteiger partial charge in [0.2, 0.25) is 11.8 Å². The van der Waals surface area contributed by atoms with Crippen molar-refractivity contribution < 1.29 is 9.32 Å². The Morgan fingerprint density at radius 3 is 2.75 bits per heavy atom. The Hall–Kier alpha value is -1.59. The molecule has 1 aromatic heterocycles. The maximum absolute atomic E-state index is 11.8. The molecule has 2 aliphatic rings. The molecule has 3 rings (SSSR count). The van der Waals surface area contributed by atoms with E-state index in [0.29, 0.717) is 17.9 Å². The van der Waals surface area contributed by atoms with Crippen molar-refractivity contribution in [2.75, 3.05) is 24.5 Å². The molecular weight excluding hydrogens is 256 g/mol. The zero-order valence-electron chi connectivity index (χ0n) is 12.0. The minimum atomic E-state index is 0.327. The van der Waals surface area contributed by atoms with Crippen LogP contribution in [0.2, 0.25) is 0 Å². The number of rotatable bonds is 4. The summed E-state index contributed by atoms with van der Waals surface area (Å²) in [5.41, 5.74) is 0. The van der Waals surface area contributed by atoms with Gasteiger partial charge in [-0.2, -0.15) is 4.98 Å². The van der Waals surface area contributed by atoms with Gasteiger partial charge >= 0.3 is 0 Å². The van der Waals surface area contributed by atoms with Crippen LogP contribution in [0.4, 0.5) is 5.95 Å². The molecule has 0 saturated carbocycles. The smallest absolute Gasteiger partial charge is 0.266 e. The lowest BCUT2D eigenvalue weighted by Crippen LogP contribution is -2.45. The fraction of sp³-hybridized carbons (Fsp3) is 0.786. The fourth-order valence-electron chi connectivity index (χ4n) is 3.12. The quantitative estimate of drug-likeness (QED) is 0.837. The van der Waals surface area contributed by atoms with Crippen molar-refractivity contribution in [3.05, 3.63) is 5.89 Å². The number of nitrogens with zero attached hydrogens (tertiary/aromatic N) is 4. The lowest BCUT2D eigenvalue weighted by atomic mass is 10.0. The minimum absolute atomic E-state index is 0.327. The summed E-state index contributed by atoms with van der Waals surface area (Å²) in [6.45, 7) is 4.84. The average molecular weight is 278 g/mol. The van der Waals surface area contributed by atoms with Crippen LogP contribution in [0.15, 0.2) is 4.52 Å². The summed E-state index contributed by atoms with van der Waals surface area (Å²) >= 11 is 0. The van der Waals surface area contributed by atoms with Crippen molar-refractivity contribution >= 4 is 11.9 Å². The second kappa shape index (κ2) is 5.81. The number of hydrogen-bond acceptors (Lipinski definition) is 5. The van der Waals surface area contributed by atoms with Crippen LogP contribution in [0.25, 0.3) is 0 Å². The molecule has 0 aromatic carbocycles. The van der Waals surface area contributed by atoms with E-state index < -0.39 is 0 Å². The van der Waals surface area contributed by atoms with E-state index in [0.717, 1.165) is 64.0 Å². The normalized spacial score (nSPS) is 20.9. The second-order valence-electron chi connectivity index (χ2n) is 5.65. The fourth-order valence-corrected chi connectivity index (χ4v) is 3.12. The highest BCUT2D eigenvalue weighted by atomic mass is 16.5. The Morgan fingerprint density at radius 1 is 1.30 bits per heavy atom. The highest BCUT2D eigenvalue weighted by molar-refractivity contribution is 5.78. The Labute approximate surface area is 119 Å². The predicted molar refractivity (Wildman–Crippen MR) is 74.5 cm³/mol. The number of carbonyl (C=O) groups excluding carboxylic acids is 1. The highest BCUT2D eigenvalue weighted by Crippen LogP contribution is 2.24.